The average Bonchev–Trinajstić information content (AvgIpc) is 2.67. The minimum Gasteiger partial charge on any atom is -0.452 e. The Morgan fingerprint density at radius 3 is 2.34 bits per heavy atom. The summed E-state index contributed by atoms with van der Waals surface area (Å²) in [7, 11) is -3.86. The molecule has 0 unspecified atom stereocenters. The first-order valence-corrected chi connectivity index (χ1v) is 10.1. The van der Waals surface area contributed by atoms with E-state index in [0.717, 1.165) is 24.3 Å². The highest BCUT2D eigenvalue weighted by atomic mass is 32.2. The number of halogens is 1. The van der Waals surface area contributed by atoms with Crippen LogP contribution >= 0.6 is 0 Å². The van der Waals surface area contributed by atoms with E-state index in [1.807, 2.05) is 0 Å². The molecule has 0 heterocycles. The van der Waals surface area contributed by atoms with E-state index in [9.17, 15) is 22.4 Å². The van der Waals surface area contributed by atoms with E-state index >= 15 is 0 Å². The van der Waals surface area contributed by atoms with Crippen LogP contribution in [-0.4, -0.2) is 32.9 Å². The summed E-state index contributed by atoms with van der Waals surface area (Å²) in [6.07, 6.45) is 0.492. The van der Waals surface area contributed by atoms with Crippen molar-refractivity contribution in [2.75, 3.05) is 11.3 Å². The fraction of sp³-hybridized carbons (Fsp3) is 0.200. The smallest absolute Gasteiger partial charge is 0.311 e. The van der Waals surface area contributed by atoms with Crippen LogP contribution in [0.3, 0.4) is 0 Å². The summed E-state index contributed by atoms with van der Waals surface area (Å²) in [6.45, 7) is 5.21. The van der Waals surface area contributed by atoms with Crippen LogP contribution in [0.4, 0.5) is 10.1 Å². The molecule has 0 fully saturated rings. The van der Waals surface area contributed by atoms with Gasteiger partial charge in [-0.2, -0.15) is 0 Å². The zero-order chi connectivity index (χ0) is 21.4. The summed E-state index contributed by atoms with van der Waals surface area (Å²) >= 11 is 0. The van der Waals surface area contributed by atoms with E-state index in [1.165, 1.54) is 25.1 Å². The number of hydrogen-bond acceptors (Lipinski definition) is 5. The number of nitrogens with one attached hydrogen (secondary N) is 2. The average molecular weight is 420 g/mol. The van der Waals surface area contributed by atoms with Gasteiger partial charge in [0.1, 0.15) is 5.82 Å². The number of esters is 1. The molecular formula is C20H21FN2O5S. The van der Waals surface area contributed by atoms with Crippen LogP contribution in [0, 0.1) is 5.82 Å². The minimum atomic E-state index is -3.86. The normalized spacial score (nSPS) is 11.9. The first-order chi connectivity index (χ1) is 13.7. The van der Waals surface area contributed by atoms with Crippen molar-refractivity contribution in [1.29, 1.82) is 0 Å². The molecule has 2 rings (SSSR count). The summed E-state index contributed by atoms with van der Waals surface area (Å²) < 4.78 is 45.0. The number of amides is 1. The Morgan fingerprint density at radius 2 is 1.76 bits per heavy atom. The summed E-state index contributed by atoms with van der Waals surface area (Å²) in [4.78, 5) is 23.6. The molecule has 0 aliphatic heterocycles. The fourth-order valence-electron chi connectivity index (χ4n) is 2.29. The van der Waals surface area contributed by atoms with E-state index in [2.05, 4.69) is 16.6 Å². The Morgan fingerprint density at radius 1 is 1.14 bits per heavy atom. The van der Waals surface area contributed by atoms with E-state index in [4.69, 9.17) is 4.74 Å². The molecule has 0 saturated carbocycles. The Kier molecular flexibility index (Phi) is 7.49. The predicted molar refractivity (Wildman–Crippen MR) is 106 cm³/mol. The van der Waals surface area contributed by atoms with Gasteiger partial charge in [0.25, 0.3) is 15.9 Å². The minimum absolute atomic E-state index is 0.0738. The van der Waals surface area contributed by atoms with Crippen LogP contribution in [0.25, 0.3) is 0 Å². The lowest BCUT2D eigenvalue weighted by Gasteiger charge is -2.13. The number of anilines is 1. The topological polar surface area (TPSA) is 102 Å². The molecule has 154 valence electrons. The van der Waals surface area contributed by atoms with Crippen molar-refractivity contribution in [1.82, 2.24) is 5.32 Å². The number of carbonyl (C=O) groups is 2. The van der Waals surface area contributed by atoms with Gasteiger partial charge in [-0.1, -0.05) is 18.2 Å². The number of hydrogen-bond donors (Lipinski definition) is 2. The lowest BCUT2D eigenvalue weighted by atomic mass is 10.1. The van der Waals surface area contributed by atoms with Crippen LogP contribution in [0.2, 0.25) is 0 Å². The molecule has 0 aliphatic rings. The molecule has 2 aromatic rings. The molecule has 2 aromatic carbocycles. The zero-order valence-corrected chi connectivity index (χ0v) is 16.5. The first-order valence-electron chi connectivity index (χ1n) is 8.66. The SMILES string of the molecule is C=CCNC(=O)[C@H](C)OC(=O)Cc1ccc(NS(=O)(=O)c2ccc(F)cc2)cc1. The lowest BCUT2D eigenvalue weighted by Crippen LogP contribution is -2.36. The van der Waals surface area contributed by atoms with E-state index in [0.29, 0.717) is 5.56 Å². The highest BCUT2D eigenvalue weighted by Gasteiger charge is 2.18. The van der Waals surface area contributed by atoms with E-state index in [1.54, 1.807) is 12.1 Å². The van der Waals surface area contributed by atoms with Gasteiger partial charge in [-0.25, -0.2) is 12.8 Å². The molecule has 1 atom stereocenters. The molecule has 29 heavy (non-hydrogen) atoms. The molecule has 9 heteroatoms. The maximum Gasteiger partial charge on any atom is 0.311 e. The second-order valence-corrected chi connectivity index (χ2v) is 7.78. The molecule has 0 bridgehead atoms. The second kappa shape index (κ2) is 9.83. The predicted octanol–water partition coefficient (Wildman–Crippen LogP) is 2.40. The van der Waals surface area contributed by atoms with Crippen molar-refractivity contribution in [3.8, 4) is 0 Å². The van der Waals surface area contributed by atoms with Crippen molar-refractivity contribution in [2.24, 2.45) is 0 Å². The summed E-state index contributed by atoms with van der Waals surface area (Å²) in [5, 5.41) is 2.53. The Balaban J connectivity index is 1.94. The summed E-state index contributed by atoms with van der Waals surface area (Å²) in [5.74, 6) is -1.55. The quantitative estimate of drug-likeness (QED) is 0.479. The van der Waals surface area contributed by atoms with Gasteiger partial charge in [0, 0.05) is 12.2 Å². The third-order valence-electron chi connectivity index (χ3n) is 3.78. The standard InChI is InChI=1S/C20H21FN2O5S/c1-3-12-22-20(25)14(2)28-19(24)13-15-4-8-17(9-5-15)23-29(26,27)18-10-6-16(21)7-11-18/h3-11,14,23H,1,12-13H2,2H3,(H,22,25)/t14-/m0/s1. The van der Waals surface area contributed by atoms with Crippen molar-refractivity contribution >= 4 is 27.6 Å². The van der Waals surface area contributed by atoms with Gasteiger partial charge in [-0.15, -0.1) is 6.58 Å². The number of benzene rings is 2. The Labute approximate surface area is 168 Å². The van der Waals surface area contributed by atoms with E-state index < -0.39 is 33.8 Å². The first kappa shape index (κ1) is 22.1. The van der Waals surface area contributed by atoms with Gasteiger partial charge in [0.05, 0.1) is 11.3 Å². The van der Waals surface area contributed by atoms with Crippen LogP contribution in [0.15, 0.2) is 66.1 Å². The zero-order valence-electron chi connectivity index (χ0n) is 15.7. The molecule has 0 aromatic heterocycles. The van der Waals surface area contributed by atoms with Gasteiger partial charge >= 0.3 is 5.97 Å². The molecule has 0 radical (unpaired) electrons. The van der Waals surface area contributed by atoms with Gasteiger partial charge in [-0.3, -0.25) is 14.3 Å². The molecule has 0 spiro atoms. The lowest BCUT2D eigenvalue weighted by molar-refractivity contribution is -0.154. The van der Waals surface area contributed by atoms with Gasteiger partial charge in [-0.05, 0) is 48.9 Å². The summed E-state index contributed by atoms with van der Waals surface area (Å²) in [6, 6.07) is 10.5. The molecule has 7 nitrogen and oxygen atoms in total. The van der Waals surface area contributed by atoms with Gasteiger partial charge in [0.2, 0.25) is 0 Å². The number of sulfonamides is 1. The Hall–Kier alpha value is -3.20. The number of carbonyl (C=O) groups excluding carboxylic acids is 2. The highest BCUT2D eigenvalue weighted by Crippen LogP contribution is 2.17. The van der Waals surface area contributed by atoms with Crippen molar-refractivity contribution < 1.29 is 27.1 Å². The van der Waals surface area contributed by atoms with Gasteiger partial charge < -0.3 is 10.1 Å². The van der Waals surface area contributed by atoms with Crippen molar-refractivity contribution in [3.05, 3.63) is 72.6 Å². The highest BCUT2D eigenvalue weighted by molar-refractivity contribution is 7.92. The van der Waals surface area contributed by atoms with Crippen molar-refractivity contribution in [2.45, 2.75) is 24.3 Å². The molecule has 0 saturated heterocycles. The molecule has 2 N–H and O–H groups in total. The Bertz CT molecular complexity index is 973. The monoisotopic (exact) mass is 420 g/mol. The van der Waals surface area contributed by atoms with Crippen LogP contribution < -0.4 is 10.0 Å². The molecular weight excluding hydrogens is 399 g/mol. The third-order valence-corrected chi connectivity index (χ3v) is 5.17. The van der Waals surface area contributed by atoms with Crippen LogP contribution in [-0.2, 0) is 30.8 Å². The van der Waals surface area contributed by atoms with Crippen molar-refractivity contribution in [3.63, 3.8) is 0 Å². The second-order valence-electron chi connectivity index (χ2n) is 6.10. The maximum absolute atomic E-state index is 12.9. The molecule has 1 amide bonds. The number of rotatable bonds is 9. The maximum atomic E-state index is 12.9. The van der Waals surface area contributed by atoms with E-state index in [-0.39, 0.29) is 23.5 Å². The summed E-state index contributed by atoms with van der Waals surface area (Å²) in [5.41, 5.74) is 0.863. The fourth-order valence-corrected chi connectivity index (χ4v) is 3.35. The van der Waals surface area contributed by atoms with Crippen LogP contribution in [0.1, 0.15) is 12.5 Å². The van der Waals surface area contributed by atoms with Crippen LogP contribution in [0.5, 0.6) is 0 Å². The number of ether oxygens (including phenoxy) is 1. The largest absolute Gasteiger partial charge is 0.452 e. The van der Waals surface area contributed by atoms with Gasteiger partial charge in [0.15, 0.2) is 6.10 Å². The molecule has 0 aliphatic carbocycles. The third kappa shape index (κ3) is 6.72.